The Balaban J connectivity index is 1.80. The Morgan fingerprint density at radius 2 is 2.00 bits per heavy atom. The molecule has 2 heterocycles. The summed E-state index contributed by atoms with van der Waals surface area (Å²) in [6, 6.07) is 4.31. The minimum atomic E-state index is -0.492. The van der Waals surface area contributed by atoms with Gasteiger partial charge in [-0.2, -0.15) is 0 Å². The molecule has 0 saturated carbocycles. The number of ether oxygens (including phenoxy) is 1. The molecule has 1 aliphatic heterocycles. The fourth-order valence-electron chi connectivity index (χ4n) is 3.01. The van der Waals surface area contributed by atoms with Crippen molar-refractivity contribution in [2.24, 2.45) is 5.92 Å². The van der Waals surface area contributed by atoms with Crippen LogP contribution < -0.4 is 5.32 Å². The second-order valence-corrected chi connectivity index (χ2v) is 8.96. The quantitative estimate of drug-likeness (QED) is 0.851. The zero-order valence-corrected chi connectivity index (χ0v) is 17.3. The van der Waals surface area contributed by atoms with Crippen LogP contribution in [0, 0.1) is 5.92 Å². The average molecular weight is 382 g/mol. The van der Waals surface area contributed by atoms with Crippen LogP contribution in [0.25, 0.3) is 0 Å². The van der Waals surface area contributed by atoms with Crippen LogP contribution in [0.2, 0.25) is 0 Å². The van der Waals surface area contributed by atoms with E-state index in [-0.39, 0.29) is 24.0 Å². The number of nitrogens with one attached hydrogen (secondary N) is 1. The molecule has 146 valence electrons. The lowest BCUT2D eigenvalue weighted by Crippen LogP contribution is -2.45. The molecule has 1 aromatic rings. The van der Waals surface area contributed by atoms with Crippen molar-refractivity contribution in [2.45, 2.75) is 45.3 Å². The summed E-state index contributed by atoms with van der Waals surface area (Å²) >= 11 is 1.70. The predicted molar refractivity (Wildman–Crippen MR) is 104 cm³/mol. The van der Waals surface area contributed by atoms with Gasteiger partial charge >= 0.3 is 6.09 Å². The molecule has 1 fully saturated rings. The van der Waals surface area contributed by atoms with E-state index in [1.807, 2.05) is 40.9 Å². The molecule has 26 heavy (non-hydrogen) atoms. The molecule has 1 aliphatic rings. The molecule has 0 bridgehead atoms. The Morgan fingerprint density at radius 3 is 2.50 bits per heavy atom. The van der Waals surface area contributed by atoms with Gasteiger partial charge in [0, 0.05) is 30.4 Å². The van der Waals surface area contributed by atoms with Crippen LogP contribution in [0.1, 0.15) is 44.5 Å². The topological polar surface area (TPSA) is 61.9 Å². The highest BCUT2D eigenvalue weighted by atomic mass is 32.1. The lowest BCUT2D eigenvalue weighted by molar-refractivity contribution is -0.126. The first-order valence-electron chi connectivity index (χ1n) is 9.13. The minimum absolute atomic E-state index is 0.0418. The highest BCUT2D eigenvalue weighted by Crippen LogP contribution is 2.23. The number of carbonyl (C=O) groups is 2. The van der Waals surface area contributed by atoms with Crippen molar-refractivity contribution in [3.05, 3.63) is 22.4 Å². The maximum absolute atomic E-state index is 12.5. The highest BCUT2D eigenvalue weighted by Gasteiger charge is 2.30. The van der Waals surface area contributed by atoms with Crippen LogP contribution in [0.5, 0.6) is 0 Å². The molecule has 2 amide bonds. The van der Waals surface area contributed by atoms with Gasteiger partial charge < -0.3 is 19.9 Å². The zero-order chi connectivity index (χ0) is 19.3. The first kappa shape index (κ1) is 20.7. The first-order chi connectivity index (χ1) is 12.2. The number of piperidine rings is 1. The van der Waals surface area contributed by atoms with E-state index in [4.69, 9.17) is 4.74 Å². The van der Waals surface area contributed by atoms with Crippen molar-refractivity contribution in [3.63, 3.8) is 0 Å². The minimum Gasteiger partial charge on any atom is -0.444 e. The van der Waals surface area contributed by atoms with Crippen LogP contribution >= 0.6 is 11.3 Å². The monoisotopic (exact) mass is 381 g/mol. The third-order valence-electron chi connectivity index (χ3n) is 4.48. The maximum Gasteiger partial charge on any atom is 0.410 e. The largest absolute Gasteiger partial charge is 0.444 e. The summed E-state index contributed by atoms with van der Waals surface area (Å²) in [7, 11) is 4.05. The number of likely N-dealkylation sites (N-methyl/N-ethyl adjacent to an activating group) is 1. The molecule has 6 nitrogen and oxygen atoms in total. The number of carbonyl (C=O) groups excluding carboxylic acids is 2. The Kier molecular flexibility index (Phi) is 7.06. The molecular weight excluding hydrogens is 350 g/mol. The summed E-state index contributed by atoms with van der Waals surface area (Å²) in [5.41, 5.74) is -0.492. The van der Waals surface area contributed by atoms with E-state index < -0.39 is 5.60 Å². The fourth-order valence-corrected chi connectivity index (χ4v) is 3.93. The zero-order valence-electron chi connectivity index (χ0n) is 16.4. The van der Waals surface area contributed by atoms with E-state index >= 15 is 0 Å². The number of hydrogen-bond donors (Lipinski definition) is 1. The molecule has 0 spiro atoms. The Labute approximate surface area is 160 Å². The summed E-state index contributed by atoms with van der Waals surface area (Å²) in [6.07, 6.45) is 1.06. The molecule has 7 heteroatoms. The smallest absolute Gasteiger partial charge is 0.410 e. The lowest BCUT2D eigenvalue weighted by atomic mass is 9.96. The molecule has 1 N–H and O–H groups in total. The number of likely N-dealkylation sites (tertiary alicyclic amines) is 1. The number of hydrogen-bond acceptors (Lipinski definition) is 5. The number of rotatable bonds is 5. The maximum atomic E-state index is 12.5. The summed E-state index contributed by atoms with van der Waals surface area (Å²) in [5, 5.41) is 5.15. The Morgan fingerprint density at radius 1 is 1.35 bits per heavy atom. The van der Waals surface area contributed by atoms with Gasteiger partial charge in [0.1, 0.15) is 5.60 Å². The molecular formula is C19H31N3O3S. The normalized spacial score (nSPS) is 17.2. The van der Waals surface area contributed by atoms with Gasteiger partial charge in [0.15, 0.2) is 0 Å². The van der Waals surface area contributed by atoms with Gasteiger partial charge in [-0.05, 0) is 59.2 Å². The summed E-state index contributed by atoms with van der Waals surface area (Å²) < 4.78 is 5.40. The van der Waals surface area contributed by atoms with Gasteiger partial charge in [-0.3, -0.25) is 4.79 Å². The molecule has 0 radical (unpaired) electrons. The van der Waals surface area contributed by atoms with Crippen molar-refractivity contribution >= 4 is 23.3 Å². The molecule has 1 unspecified atom stereocenters. The highest BCUT2D eigenvalue weighted by molar-refractivity contribution is 7.10. The standard InChI is InChI=1S/C19H31N3O3S/c1-19(2,3)25-18(24)22-10-8-14(9-11-22)17(23)20-13-15(21(4)5)16-7-6-12-26-16/h6-7,12,14-15H,8-11,13H2,1-5H3,(H,20,23). The van der Waals surface area contributed by atoms with Gasteiger partial charge in [-0.15, -0.1) is 11.3 Å². The van der Waals surface area contributed by atoms with Crippen LogP contribution in [-0.4, -0.2) is 61.1 Å². The summed E-state index contributed by atoms with van der Waals surface area (Å²) in [4.78, 5) is 29.7. The van der Waals surface area contributed by atoms with E-state index in [2.05, 4.69) is 21.7 Å². The van der Waals surface area contributed by atoms with Crippen LogP contribution in [0.3, 0.4) is 0 Å². The predicted octanol–water partition coefficient (Wildman–Crippen LogP) is 3.11. The molecule has 2 rings (SSSR count). The van der Waals surface area contributed by atoms with Crippen molar-refractivity contribution in [2.75, 3.05) is 33.7 Å². The second kappa shape index (κ2) is 8.86. The van der Waals surface area contributed by atoms with E-state index in [1.54, 1.807) is 16.2 Å². The van der Waals surface area contributed by atoms with Gasteiger partial charge in [0.05, 0.1) is 6.04 Å². The number of thiophene rings is 1. The van der Waals surface area contributed by atoms with Crippen LogP contribution in [0.4, 0.5) is 4.79 Å². The van der Waals surface area contributed by atoms with Gasteiger partial charge in [-0.1, -0.05) is 6.07 Å². The van der Waals surface area contributed by atoms with Gasteiger partial charge in [0.2, 0.25) is 5.91 Å². The molecule has 0 aliphatic carbocycles. The summed E-state index contributed by atoms with van der Waals surface area (Å²) in [5.74, 6) is 0.0390. The Hall–Kier alpha value is -1.60. The van der Waals surface area contributed by atoms with E-state index in [0.29, 0.717) is 32.5 Å². The SMILES string of the molecule is CN(C)C(CNC(=O)C1CCN(C(=O)OC(C)(C)C)CC1)c1cccs1. The lowest BCUT2D eigenvalue weighted by Gasteiger charge is -2.33. The third kappa shape index (κ3) is 5.99. The van der Waals surface area contributed by atoms with Crippen LogP contribution in [-0.2, 0) is 9.53 Å². The van der Waals surface area contributed by atoms with Gasteiger partial charge in [-0.25, -0.2) is 4.79 Å². The van der Waals surface area contributed by atoms with Gasteiger partial charge in [0.25, 0.3) is 0 Å². The molecule has 1 saturated heterocycles. The van der Waals surface area contributed by atoms with E-state index in [1.165, 1.54) is 4.88 Å². The van der Waals surface area contributed by atoms with Crippen LogP contribution in [0.15, 0.2) is 17.5 Å². The third-order valence-corrected chi connectivity index (χ3v) is 5.46. The van der Waals surface area contributed by atoms with Crippen molar-refractivity contribution in [1.82, 2.24) is 15.1 Å². The van der Waals surface area contributed by atoms with E-state index in [9.17, 15) is 9.59 Å². The molecule has 1 atom stereocenters. The Bertz CT molecular complexity index is 588. The number of nitrogens with zero attached hydrogens (tertiary/aromatic N) is 2. The van der Waals surface area contributed by atoms with Crippen molar-refractivity contribution in [3.8, 4) is 0 Å². The fraction of sp³-hybridized carbons (Fsp3) is 0.684. The van der Waals surface area contributed by atoms with Crippen molar-refractivity contribution in [1.29, 1.82) is 0 Å². The second-order valence-electron chi connectivity index (χ2n) is 7.98. The molecule has 1 aromatic heterocycles. The molecule has 0 aromatic carbocycles. The average Bonchev–Trinajstić information content (AvgIpc) is 3.07. The number of amides is 2. The van der Waals surface area contributed by atoms with Crippen molar-refractivity contribution < 1.29 is 14.3 Å². The first-order valence-corrected chi connectivity index (χ1v) is 10.0. The van der Waals surface area contributed by atoms with E-state index in [0.717, 1.165) is 0 Å². The summed E-state index contributed by atoms with van der Waals surface area (Å²) in [6.45, 7) is 7.31.